The molecule has 0 spiro atoms. The van der Waals surface area contributed by atoms with E-state index in [1.807, 2.05) is 6.07 Å². The molecule has 0 unspecified atom stereocenters. The van der Waals surface area contributed by atoms with Crippen LogP contribution in [-0.2, 0) is 10.1 Å². The predicted molar refractivity (Wildman–Crippen MR) is 82.6 cm³/mol. The van der Waals surface area contributed by atoms with Crippen molar-refractivity contribution in [1.29, 1.82) is 5.26 Å². The highest BCUT2D eigenvalue weighted by Crippen LogP contribution is 2.24. The van der Waals surface area contributed by atoms with E-state index in [2.05, 4.69) is 4.85 Å². The number of nitrogens with zero attached hydrogens (tertiary/aromatic N) is 2. The number of nitriles is 1. The SMILES string of the molecule is [C-]#[N+]c1ccc(/C=C/c2ccc(C#N)cc2)c(S(=O)(=O)O)c1. The highest BCUT2D eigenvalue weighted by molar-refractivity contribution is 7.86. The van der Waals surface area contributed by atoms with E-state index in [0.29, 0.717) is 5.56 Å². The second-order valence-electron chi connectivity index (χ2n) is 4.38. The summed E-state index contributed by atoms with van der Waals surface area (Å²) in [7, 11) is -4.42. The Morgan fingerprint density at radius 2 is 1.82 bits per heavy atom. The van der Waals surface area contributed by atoms with Crippen LogP contribution >= 0.6 is 0 Å². The van der Waals surface area contributed by atoms with Crippen molar-refractivity contribution in [3.63, 3.8) is 0 Å². The van der Waals surface area contributed by atoms with Gasteiger partial charge >= 0.3 is 0 Å². The molecule has 0 radical (unpaired) electrons. The molecular weight excluding hydrogens is 300 g/mol. The zero-order valence-electron chi connectivity index (χ0n) is 11.3. The van der Waals surface area contributed by atoms with Gasteiger partial charge in [-0.2, -0.15) is 13.7 Å². The molecule has 0 saturated heterocycles. The van der Waals surface area contributed by atoms with Crippen molar-refractivity contribution in [1.82, 2.24) is 0 Å². The lowest BCUT2D eigenvalue weighted by Gasteiger charge is -2.03. The number of benzene rings is 2. The maximum Gasteiger partial charge on any atom is 0.293 e. The molecule has 0 aromatic heterocycles. The van der Waals surface area contributed by atoms with Gasteiger partial charge in [-0.3, -0.25) is 4.55 Å². The quantitative estimate of drug-likeness (QED) is 0.534. The molecule has 0 aliphatic carbocycles. The van der Waals surface area contributed by atoms with Gasteiger partial charge in [0.1, 0.15) is 0 Å². The van der Waals surface area contributed by atoms with Crippen LogP contribution in [0.4, 0.5) is 5.69 Å². The first-order valence-corrected chi connectivity index (χ1v) is 7.55. The smallest absolute Gasteiger partial charge is 0.282 e. The molecule has 108 valence electrons. The van der Waals surface area contributed by atoms with E-state index in [9.17, 15) is 13.0 Å². The van der Waals surface area contributed by atoms with Crippen LogP contribution in [0.2, 0.25) is 0 Å². The second kappa shape index (κ2) is 6.23. The Hall–Kier alpha value is -2.93. The van der Waals surface area contributed by atoms with E-state index in [-0.39, 0.29) is 16.1 Å². The van der Waals surface area contributed by atoms with Crippen LogP contribution in [0.3, 0.4) is 0 Å². The summed E-state index contributed by atoms with van der Waals surface area (Å²) in [6.45, 7) is 6.89. The van der Waals surface area contributed by atoms with Crippen molar-refractivity contribution in [3.05, 3.63) is 70.6 Å². The van der Waals surface area contributed by atoms with Crippen LogP contribution in [0.5, 0.6) is 0 Å². The number of hydrogen-bond acceptors (Lipinski definition) is 3. The van der Waals surface area contributed by atoms with Crippen molar-refractivity contribution in [2.75, 3.05) is 0 Å². The minimum Gasteiger partial charge on any atom is -0.282 e. The molecule has 2 aromatic carbocycles. The molecule has 0 heterocycles. The minimum atomic E-state index is -4.42. The van der Waals surface area contributed by atoms with Gasteiger partial charge < -0.3 is 0 Å². The Kier molecular flexibility index (Phi) is 4.38. The van der Waals surface area contributed by atoms with Gasteiger partial charge in [0.2, 0.25) is 0 Å². The fraction of sp³-hybridized carbons (Fsp3) is 0. The Morgan fingerprint density at radius 3 is 2.36 bits per heavy atom. The number of rotatable bonds is 3. The maximum atomic E-state index is 11.4. The summed E-state index contributed by atoms with van der Waals surface area (Å²) >= 11 is 0. The third-order valence-electron chi connectivity index (χ3n) is 2.90. The molecule has 5 nitrogen and oxygen atoms in total. The molecule has 6 heteroatoms. The van der Waals surface area contributed by atoms with E-state index < -0.39 is 10.1 Å². The van der Waals surface area contributed by atoms with Crippen molar-refractivity contribution >= 4 is 28.0 Å². The summed E-state index contributed by atoms with van der Waals surface area (Å²) in [4.78, 5) is 2.83. The first-order chi connectivity index (χ1) is 10.4. The fourth-order valence-electron chi connectivity index (χ4n) is 1.81. The van der Waals surface area contributed by atoms with E-state index in [4.69, 9.17) is 11.8 Å². The molecular formula is C16H10N2O3S. The third-order valence-corrected chi connectivity index (χ3v) is 3.81. The Bertz CT molecular complexity index is 915. The summed E-state index contributed by atoms with van der Waals surface area (Å²) in [6.07, 6.45) is 3.18. The monoisotopic (exact) mass is 310 g/mol. The molecule has 0 aliphatic rings. The molecule has 0 atom stereocenters. The number of hydrogen-bond donors (Lipinski definition) is 1. The zero-order chi connectivity index (χ0) is 16.2. The van der Waals surface area contributed by atoms with E-state index in [1.165, 1.54) is 18.2 Å². The van der Waals surface area contributed by atoms with Gasteiger partial charge in [0.05, 0.1) is 23.1 Å². The van der Waals surface area contributed by atoms with Crippen LogP contribution in [0, 0.1) is 17.9 Å². The van der Waals surface area contributed by atoms with Crippen LogP contribution in [0.15, 0.2) is 47.4 Å². The van der Waals surface area contributed by atoms with Crippen molar-refractivity contribution < 1.29 is 13.0 Å². The zero-order valence-corrected chi connectivity index (χ0v) is 12.1. The van der Waals surface area contributed by atoms with Gasteiger partial charge in [-0.15, -0.1) is 0 Å². The summed E-state index contributed by atoms with van der Waals surface area (Å²) in [5, 5.41) is 8.72. The second-order valence-corrected chi connectivity index (χ2v) is 5.77. The molecule has 2 aromatic rings. The van der Waals surface area contributed by atoms with E-state index >= 15 is 0 Å². The molecule has 1 N–H and O–H groups in total. The molecule has 0 aliphatic heterocycles. The van der Waals surface area contributed by atoms with Gasteiger partial charge in [-0.1, -0.05) is 36.4 Å². The first-order valence-electron chi connectivity index (χ1n) is 6.11. The maximum absolute atomic E-state index is 11.4. The normalized spacial score (nSPS) is 11.0. The van der Waals surface area contributed by atoms with Crippen molar-refractivity contribution in [3.8, 4) is 6.07 Å². The van der Waals surface area contributed by atoms with E-state index in [0.717, 1.165) is 11.6 Å². The molecule has 0 fully saturated rings. The first kappa shape index (κ1) is 15.5. The topological polar surface area (TPSA) is 82.5 Å². The Labute approximate surface area is 128 Å². The molecule has 22 heavy (non-hydrogen) atoms. The van der Waals surface area contributed by atoms with Crippen molar-refractivity contribution in [2.24, 2.45) is 0 Å². The Morgan fingerprint density at radius 1 is 1.14 bits per heavy atom. The fourth-order valence-corrected chi connectivity index (χ4v) is 2.51. The average Bonchev–Trinajstić information content (AvgIpc) is 2.52. The molecule has 2 rings (SSSR count). The Balaban J connectivity index is 2.42. The summed E-state index contributed by atoms with van der Waals surface area (Å²) < 4.78 is 32.1. The van der Waals surface area contributed by atoms with Gasteiger partial charge in [0.15, 0.2) is 5.69 Å². The standard InChI is InChI=1S/C16H10N2O3S/c1-18-15-9-8-14(16(10-15)22(19,20)21)7-6-12-2-4-13(11-17)5-3-12/h2-10H,(H,19,20,21)/b7-6+. The van der Waals surface area contributed by atoms with Gasteiger partial charge in [-0.05, 0) is 29.3 Å². The average molecular weight is 310 g/mol. The molecule has 0 bridgehead atoms. The molecule has 0 saturated carbocycles. The summed E-state index contributed by atoms with van der Waals surface area (Å²) in [5.41, 5.74) is 1.70. The third kappa shape index (κ3) is 3.58. The largest absolute Gasteiger partial charge is 0.293 e. The summed E-state index contributed by atoms with van der Waals surface area (Å²) in [6, 6.07) is 12.8. The van der Waals surface area contributed by atoms with Crippen LogP contribution in [0.25, 0.3) is 17.0 Å². The van der Waals surface area contributed by atoms with Crippen LogP contribution in [0.1, 0.15) is 16.7 Å². The van der Waals surface area contributed by atoms with Crippen LogP contribution in [-0.4, -0.2) is 13.0 Å². The highest BCUT2D eigenvalue weighted by Gasteiger charge is 2.14. The van der Waals surface area contributed by atoms with Gasteiger partial charge in [-0.25, -0.2) is 4.85 Å². The van der Waals surface area contributed by atoms with Crippen LogP contribution < -0.4 is 0 Å². The molecule has 0 amide bonds. The lowest BCUT2D eigenvalue weighted by molar-refractivity contribution is 0.483. The lowest BCUT2D eigenvalue weighted by atomic mass is 10.1. The lowest BCUT2D eigenvalue weighted by Crippen LogP contribution is -2.00. The van der Waals surface area contributed by atoms with Gasteiger partial charge in [0, 0.05) is 0 Å². The minimum absolute atomic E-state index is 0.128. The van der Waals surface area contributed by atoms with Crippen molar-refractivity contribution in [2.45, 2.75) is 4.90 Å². The predicted octanol–water partition coefficient (Wildman–Crippen LogP) is 3.53. The highest BCUT2D eigenvalue weighted by atomic mass is 32.2. The van der Waals surface area contributed by atoms with Gasteiger partial charge in [0.25, 0.3) is 10.1 Å². The van der Waals surface area contributed by atoms with E-state index in [1.54, 1.807) is 30.3 Å². The summed E-state index contributed by atoms with van der Waals surface area (Å²) in [5.74, 6) is 0.